The fraction of sp³-hybridized carbons (Fsp3) is 0.786. The van der Waals surface area contributed by atoms with Crippen LogP contribution in [0, 0.1) is 16.7 Å². The Morgan fingerprint density at radius 1 is 1.50 bits per heavy atom. The molecule has 1 N–H and O–H groups in total. The Balaban J connectivity index is 1.79. The molecule has 1 aromatic heterocycles. The van der Waals surface area contributed by atoms with Gasteiger partial charge in [0, 0.05) is 5.41 Å². The van der Waals surface area contributed by atoms with Crippen molar-refractivity contribution in [3.05, 3.63) is 12.0 Å². The molecular weight excluding hydrogens is 230 g/mol. The highest BCUT2D eigenvalue weighted by molar-refractivity contribution is 5.13. The molecule has 1 heterocycles. The second-order valence-electron chi connectivity index (χ2n) is 6.48. The summed E-state index contributed by atoms with van der Waals surface area (Å²) in [6, 6.07) is 0. The Morgan fingerprint density at radius 2 is 2.28 bits per heavy atom. The molecular formula is C14H21NO3. The number of aliphatic hydroxyl groups is 1. The zero-order valence-electron chi connectivity index (χ0n) is 11.3. The highest BCUT2D eigenvalue weighted by Crippen LogP contribution is 2.66. The molecule has 3 atom stereocenters. The Hall–Kier alpha value is -1.03. The first kappa shape index (κ1) is 12.0. The molecule has 4 heteroatoms. The molecule has 2 aliphatic rings. The number of aliphatic hydroxyl groups excluding tert-OH is 1. The Bertz CT molecular complexity index is 454. The predicted molar refractivity (Wildman–Crippen MR) is 66.1 cm³/mol. The summed E-state index contributed by atoms with van der Waals surface area (Å²) in [5.41, 5.74) is 1.05. The lowest BCUT2D eigenvalue weighted by Crippen LogP contribution is -2.38. The molecule has 3 rings (SSSR count). The lowest BCUT2D eigenvalue weighted by molar-refractivity contribution is 0.0118. The van der Waals surface area contributed by atoms with Crippen molar-refractivity contribution in [2.45, 2.75) is 52.7 Å². The second-order valence-corrected chi connectivity index (χ2v) is 6.48. The molecule has 0 aromatic carbocycles. The van der Waals surface area contributed by atoms with Gasteiger partial charge in [-0.05, 0) is 30.6 Å². The summed E-state index contributed by atoms with van der Waals surface area (Å²) >= 11 is 0. The van der Waals surface area contributed by atoms with Crippen LogP contribution in [-0.4, -0.2) is 16.2 Å². The third-order valence-electron chi connectivity index (χ3n) is 5.65. The predicted octanol–water partition coefficient (Wildman–Crippen LogP) is 2.76. The molecule has 2 bridgehead atoms. The van der Waals surface area contributed by atoms with Crippen LogP contribution in [-0.2, 0) is 6.61 Å². The van der Waals surface area contributed by atoms with Crippen LogP contribution in [0.2, 0.25) is 0 Å². The van der Waals surface area contributed by atoms with Gasteiger partial charge in [0.2, 0.25) is 0 Å². The van der Waals surface area contributed by atoms with E-state index in [0.29, 0.717) is 17.2 Å². The maximum absolute atomic E-state index is 8.97. The fourth-order valence-electron chi connectivity index (χ4n) is 3.85. The lowest BCUT2D eigenvalue weighted by Gasteiger charge is -2.38. The number of nitrogens with zero attached hydrogens (tertiary/aromatic N) is 1. The Kier molecular flexibility index (Phi) is 2.49. The van der Waals surface area contributed by atoms with Gasteiger partial charge in [0.15, 0.2) is 0 Å². The van der Waals surface area contributed by atoms with Crippen molar-refractivity contribution in [1.82, 2.24) is 4.98 Å². The first-order chi connectivity index (χ1) is 8.47. The highest BCUT2D eigenvalue weighted by atomic mass is 16.6. The van der Waals surface area contributed by atoms with Crippen molar-refractivity contribution in [3.8, 4) is 6.08 Å². The fourth-order valence-corrected chi connectivity index (χ4v) is 3.85. The van der Waals surface area contributed by atoms with Crippen LogP contribution in [0.25, 0.3) is 0 Å². The number of ether oxygens (including phenoxy) is 1. The monoisotopic (exact) mass is 251 g/mol. The molecule has 0 aliphatic heterocycles. The van der Waals surface area contributed by atoms with Gasteiger partial charge in [-0.2, -0.15) is 4.98 Å². The van der Waals surface area contributed by atoms with Crippen LogP contribution in [0.3, 0.4) is 0 Å². The number of hydrogen-bond donors (Lipinski definition) is 1. The smallest absolute Gasteiger partial charge is 0.394 e. The third kappa shape index (κ3) is 1.44. The first-order valence-corrected chi connectivity index (χ1v) is 6.69. The summed E-state index contributed by atoms with van der Waals surface area (Å²) in [6.07, 6.45) is 5.53. The molecule has 0 spiro atoms. The Morgan fingerprint density at radius 3 is 2.78 bits per heavy atom. The van der Waals surface area contributed by atoms with Crippen LogP contribution in [0.4, 0.5) is 0 Å². The molecule has 0 saturated heterocycles. The molecule has 100 valence electrons. The summed E-state index contributed by atoms with van der Waals surface area (Å²) < 4.78 is 11.2. The van der Waals surface area contributed by atoms with Crippen LogP contribution in [0.15, 0.2) is 10.7 Å². The number of hydrogen-bond acceptors (Lipinski definition) is 4. The van der Waals surface area contributed by atoms with E-state index in [4.69, 9.17) is 14.3 Å². The van der Waals surface area contributed by atoms with Crippen LogP contribution >= 0.6 is 0 Å². The molecule has 2 aliphatic carbocycles. The van der Waals surface area contributed by atoms with E-state index in [1.807, 2.05) is 0 Å². The second kappa shape index (κ2) is 3.73. The van der Waals surface area contributed by atoms with Gasteiger partial charge < -0.3 is 14.3 Å². The first-order valence-electron chi connectivity index (χ1n) is 6.69. The highest BCUT2D eigenvalue weighted by Gasteiger charge is 2.62. The standard InChI is InChI=1S/C14H21NO3/c1-13(2)9-4-5-14(13,3)11(6-9)18-12-15-10(7-16)8-17-12/h8-9,11,16H,4-7H2,1-3H3. The molecule has 1 aromatic rings. The number of aromatic nitrogens is 1. The maximum Gasteiger partial charge on any atom is 0.394 e. The minimum absolute atomic E-state index is 0.108. The van der Waals surface area contributed by atoms with E-state index in [9.17, 15) is 0 Å². The zero-order chi connectivity index (χ0) is 13.0. The molecule has 2 saturated carbocycles. The van der Waals surface area contributed by atoms with E-state index in [-0.39, 0.29) is 18.1 Å². The molecule has 3 unspecified atom stereocenters. The zero-order valence-corrected chi connectivity index (χ0v) is 11.3. The Labute approximate surface area is 107 Å². The largest absolute Gasteiger partial charge is 0.446 e. The van der Waals surface area contributed by atoms with Crippen LogP contribution < -0.4 is 4.74 Å². The minimum Gasteiger partial charge on any atom is -0.446 e. The number of fused-ring (bicyclic) bond motifs is 2. The summed E-state index contributed by atoms with van der Waals surface area (Å²) in [5.74, 6) is 0.736. The van der Waals surface area contributed by atoms with E-state index in [2.05, 4.69) is 25.8 Å². The summed E-state index contributed by atoms with van der Waals surface area (Å²) in [7, 11) is 0. The van der Waals surface area contributed by atoms with Gasteiger partial charge in [-0.1, -0.05) is 20.8 Å². The van der Waals surface area contributed by atoms with Gasteiger partial charge in [-0.15, -0.1) is 0 Å². The van der Waals surface area contributed by atoms with Crippen molar-refractivity contribution in [2.75, 3.05) is 0 Å². The third-order valence-corrected chi connectivity index (χ3v) is 5.65. The normalized spacial score (nSPS) is 37.1. The van der Waals surface area contributed by atoms with E-state index < -0.39 is 0 Å². The van der Waals surface area contributed by atoms with Gasteiger partial charge in [-0.25, -0.2) is 0 Å². The SMILES string of the molecule is CC1(C)C2CCC1(C)C(Oc1nc(CO)co1)C2. The average Bonchev–Trinajstić information content (AvgIpc) is 2.92. The topological polar surface area (TPSA) is 55.5 Å². The number of rotatable bonds is 3. The summed E-state index contributed by atoms with van der Waals surface area (Å²) in [6.45, 7) is 6.91. The van der Waals surface area contributed by atoms with Gasteiger partial charge in [0.05, 0.1) is 6.61 Å². The van der Waals surface area contributed by atoms with Crippen molar-refractivity contribution in [3.63, 3.8) is 0 Å². The number of oxazole rings is 1. The van der Waals surface area contributed by atoms with Crippen LogP contribution in [0.5, 0.6) is 6.08 Å². The van der Waals surface area contributed by atoms with E-state index in [1.54, 1.807) is 0 Å². The molecule has 2 fully saturated rings. The van der Waals surface area contributed by atoms with Gasteiger partial charge in [-0.3, -0.25) is 0 Å². The quantitative estimate of drug-likeness (QED) is 0.897. The maximum atomic E-state index is 8.97. The van der Waals surface area contributed by atoms with E-state index in [1.165, 1.54) is 19.1 Å². The molecule has 4 nitrogen and oxygen atoms in total. The van der Waals surface area contributed by atoms with Crippen molar-refractivity contribution >= 4 is 0 Å². The van der Waals surface area contributed by atoms with Crippen molar-refractivity contribution in [2.24, 2.45) is 16.7 Å². The van der Waals surface area contributed by atoms with Crippen molar-refractivity contribution < 1.29 is 14.3 Å². The molecule has 18 heavy (non-hydrogen) atoms. The van der Waals surface area contributed by atoms with E-state index in [0.717, 1.165) is 12.3 Å². The van der Waals surface area contributed by atoms with Gasteiger partial charge in [0.1, 0.15) is 18.1 Å². The molecule has 0 radical (unpaired) electrons. The average molecular weight is 251 g/mol. The minimum atomic E-state index is -0.108. The van der Waals surface area contributed by atoms with Crippen molar-refractivity contribution in [1.29, 1.82) is 0 Å². The lowest BCUT2D eigenvalue weighted by atomic mass is 9.70. The van der Waals surface area contributed by atoms with Gasteiger partial charge >= 0.3 is 6.08 Å². The van der Waals surface area contributed by atoms with Crippen LogP contribution in [0.1, 0.15) is 45.7 Å². The summed E-state index contributed by atoms with van der Waals surface area (Å²) in [5, 5.41) is 8.97. The van der Waals surface area contributed by atoms with E-state index >= 15 is 0 Å². The summed E-state index contributed by atoms with van der Waals surface area (Å²) in [4.78, 5) is 4.12. The molecule has 0 amide bonds. The van der Waals surface area contributed by atoms with Gasteiger partial charge in [0.25, 0.3) is 0 Å².